The number of nitrogens with one attached hydrogen (secondary N) is 1. The molecule has 3 nitrogen and oxygen atoms in total. The Kier molecular flexibility index (Phi) is 4.55. The first-order chi connectivity index (χ1) is 10.6. The van der Waals surface area contributed by atoms with Gasteiger partial charge in [0.05, 0.1) is 0 Å². The van der Waals surface area contributed by atoms with Gasteiger partial charge in [0, 0.05) is 25.6 Å². The Morgan fingerprint density at radius 1 is 1.36 bits per heavy atom. The first-order valence-electron chi connectivity index (χ1n) is 8.43. The van der Waals surface area contributed by atoms with E-state index in [1.54, 1.807) is 0 Å². The number of nitrogens with zero attached hydrogens (tertiary/aromatic N) is 1. The molecule has 0 unspecified atom stereocenters. The van der Waals surface area contributed by atoms with E-state index < -0.39 is 0 Å². The van der Waals surface area contributed by atoms with Crippen molar-refractivity contribution >= 4 is 0 Å². The second-order valence-electron chi connectivity index (χ2n) is 7.23. The first-order valence-corrected chi connectivity index (χ1v) is 8.43. The van der Waals surface area contributed by atoms with Crippen LogP contribution in [0, 0.1) is 0 Å². The SMILES string of the molecule is C=CCN1CCC(NCc2ccc3c(c2)CC(C)(C)O3)CC1. The van der Waals surface area contributed by atoms with Gasteiger partial charge in [0.15, 0.2) is 0 Å². The van der Waals surface area contributed by atoms with E-state index in [-0.39, 0.29) is 5.60 Å². The van der Waals surface area contributed by atoms with E-state index in [0.717, 1.165) is 25.3 Å². The molecule has 1 aromatic carbocycles. The number of hydrogen-bond acceptors (Lipinski definition) is 3. The third kappa shape index (κ3) is 3.71. The van der Waals surface area contributed by atoms with Gasteiger partial charge in [-0.3, -0.25) is 4.90 Å². The highest BCUT2D eigenvalue weighted by atomic mass is 16.5. The quantitative estimate of drug-likeness (QED) is 0.846. The summed E-state index contributed by atoms with van der Waals surface area (Å²) in [6, 6.07) is 7.28. The molecule has 0 aromatic heterocycles. The molecule has 0 bridgehead atoms. The zero-order valence-electron chi connectivity index (χ0n) is 13.9. The standard InChI is InChI=1S/C19H28N2O/c1-4-9-21-10-7-17(8-11-21)20-14-15-5-6-18-16(12-15)13-19(2,3)22-18/h4-6,12,17,20H,1,7-11,13-14H2,2-3H3. The zero-order valence-corrected chi connectivity index (χ0v) is 13.9. The van der Waals surface area contributed by atoms with Gasteiger partial charge in [-0.2, -0.15) is 0 Å². The Morgan fingerprint density at radius 2 is 2.14 bits per heavy atom. The van der Waals surface area contributed by atoms with E-state index in [9.17, 15) is 0 Å². The summed E-state index contributed by atoms with van der Waals surface area (Å²) >= 11 is 0. The third-order valence-electron chi connectivity index (χ3n) is 4.70. The molecular weight excluding hydrogens is 272 g/mol. The van der Waals surface area contributed by atoms with Crippen molar-refractivity contribution in [2.75, 3.05) is 19.6 Å². The van der Waals surface area contributed by atoms with Crippen molar-refractivity contribution in [1.82, 2.24) is 10.2 Å². The Morgan fingerprint density at radius 3 is 2.86 bits per heavy atom. The second-order valence-corrected chi connectivity index (χ2v) is 7.23. The third-order valence-corrected chi connectivity index (χ3v) is 4.70. The molecule has 2 heterocycles. The molecule has 1 fully saturated rings. The number of ether oxygens (including phenoxy) is 1. The smallest absolute Gasteiger partial charge is 0.123 e. The van der Waals surface area contributed by atoms with Crippen LogP contribution in [0.3, 0.4) is 0 Å². The number of piperidine rings is 1. The van der Waals surface area contributed by atoms with Crippen molar-refractivity contribution in [3.8, 4) is 5.75 Å². The predicted octanol–water partition coefficient (Wildman–Crippen LogP) is 3.14. The topological polar surface area (TPSA) is 24.5 Å². The second kappa shape index (κ2) is 6.43. The van der Waals surface area contributed by atoms with Gasteiger partial charge in [-0.15, -0.1) is 6.58 Å². The summed E-state index contributed by atoms with van der Waals surface area (Å²) < 4.78 is 5.94. The highest BCUT2D eigenvalue weighted by Crippen LogP contribution is 2.35. The van der Waals surface area contributed by atoms with Crippen molar-refractivity contribution < 1.29 is 4.74 Å². The molecule has 1 aromatic rings. The van der Waals surface area contributed by atoms with E-state index in [4.69, 9.17) is 4.74 Å². The van der Waals surface area contributed by atoms with Gasteiger partial charge in [-0.05, 0) is 57.0 Å². The van der Waals surface area contributed by atoms with Crippen LogP contribution in [0.1, 0.15) is 37.8 Å². The first kappa shape index (κ1) is 15.6. The molecule has 0 amide bonds. The van der Waals surface area contributed by atoms with Crippen LogP contribution < -0.4 is 10.1 Å². The van der Waals surface area contributed by atoms with Crippen molar-refractivity contribution in [3.63, 3.8) is 0 Å². The van der Waals surface area contributed by atoms with Crippen LogP contribution in [-0.2, 0) is 13.0 Å². The van der Waals surface area contributed by atoms with Crippen LogP contribution in [0.5, 0.6) is 5.75 Å². The van der Waals surface area contributed by atoms with Gasteiger partial charge in [0.2, 0.25) is 0 Å². The van der Waals surface area contributed by atoms with E-state index >= 15 is 0 Å². The average Bonchev–Trinajstić information content (AvgIpc) is 2.80. The minimum Gasteiger partial charge on any atom is -0.487 e. The molecule has 0 saturated carbocycles. The highest BCUT2D eigenvalue weighted by molar-refractivity contribution is 5.41. The maximum atomic E-state index is 5.94. The fourth-order valence-electron chi connectivity index (χ4n) is 3.54. The molecule has 0 spiro atoms. The van der Waals surface area contributed by atoms with Crippen LogP contribution in [0.15, 0.2) is 30.9 Å². The number of fused-ring (bicyclic) bond motifs is 1. The molecule has 120 valence electrons. The lowest BCUT2D eigenvalue weighted by molar-refractivity contribution is 0.138. The van der Waals surface area contributed by atoms with Gasteiger partial charge >= 0.3 is 0 Å². The normalized spacial score (nSPS) is 21.4. The van der Waals surface area contributed by atoms with Crippen LogP contribution in [-0.4, -0.2) is 36.2 Å². The number of hydrogen-bond donors (Lipinski definition) is 1. The summed E-state index contributed by atoms with van der Waals surface area (Å²) in [4.78, 5) is 2.47. The van der Waals surface area contributed by atoms with Crippen LogP contribution >= 0.6 is 0 Å². The summed E-state index contributed by atoms with van der Waals surface area (Å²) in [5.41, 5.74) is 2.67. The molecule has 3 heteroatoms. The highest BCUT2D eigenvalue weighted by Gasteiger charge is 2.29. The Labute approximate surface area is 134 Å². The molecule has 3 rings (SSSR count). The minimum atomic E-state index is -0.0492. The Hall–Kier alpha value is -1.32. The fourth-order valence-corrected chi connectivity index (χ4v) is 3.54. The molecule has 1 N–H and O–H groups in total. The average molecular weight is 300 g/mol. The van der Waals surface area contributed by atoms with E-state index in [1.165, 1.54) is 37.1 Å². The van der Waals surface area contributed by atoms with Crippen LogP contribution in [0.25, 0.3) is 0 Å². The van der Waals surface area contributed by atoms with Gasteiger partial charge in [0.1, 0.15) is 11.4 Å². The summed E-state index contributed by atoms with van der Waals surface area (Å²) in [6.07, 6.45) is 5.47. The summed E-state index contributed by atoms with van der Waals surface area (Å²) in [7, 11) is 0. The maximum absolute atomic E-state index is 5.94. The van der Waals surface area contributed by atoms with Gasteiger partial charge in [0.25, 0.3) is 0 Å². The molecule has 1 saturated heterocycles. The van der Waals surface area contributed by atoms with Crippen molar-refractivity contribution in [1.29, 1.82) is 0 Å². The minimum absolute atomic E-state index is 0.0492. The molecule has 0 radical (unpaired) electrons. The number of rotatable bonds is 5. The molecular formula is C19H28N2O. The van der Waals surface area contributed by atoms with Gasteiger partial charge in [-0.1, -0.05) is 18.2 Å². The van der Waals surface area contributed by atoms with Crippen molar-refractivity contribution in [3.05, 3.63) is 42.0 Å². The Bertz CT molecular complexity index is 530. The van der Waals surface area contributed by atoms with Gasteiger partial charge < -0.3 is 10.1 Å². The monoisotopic (exact) mass is 300 g/mol. The molecule has 0 atom stereocenters. The van der Waals surface area contributed by atoms with Crippen LogP contribution in [0.2, 0.25) is 0 Å². The lowest BCUT2D eigenvalue weighted by Crippen LogP contribution is -2.42. The zero-order chi connectivity index (χ0) is 15.6. The van der Waals surface area contributed by atoms with Gasteiger partial charge in [-0.25, -0.2) is 0 Å². The molecule has 22 heavy (non-hydrogen) atoms. The van der Waals surface area contributed by atoms with Crippen molar-refractivity contribution in [2.24, 2.45) is 0 Å². The summed E-state index contributed by atoms with van der Waals surface area (Å²) in [5.74, 6) is 1.06. The molecule has 2 aliphatic rings. The maximum Gasteiger partial charge on any atom is 0.123 e. The lowest BCUT2D eigenvalue weighted by atomic mass is 10.00. The lowest BCUT2D eigenvalue weighted by Gasteiger charge is -2.31. The van der Waals surface area contributed by atoms with Crippen LogP contribution in [0.4, 0.5) is 0 Å². The van der Waals surface area contributed by atoms with E-state index in [1.807, 2.05) is 6.08 Å². The summed E-state index contributed by atoms with van der Waals surface area (Å²) in [5, 5.41) is 3.72. The van der Waals surface area contributed by atoms with Crippen molar-refractivity contribution in [2.45, 2.75) is 51.3 Å². The summed E-state index contributed by atoms with van der Waals surface area (Å²) in [6.45, 7) is 12.5. The molecule has 2 aliphatic heterocycles. The molecule has 0 aliphatic carbocycles. The Balaban J connectivity index is 1.50. The predicted molar refractivity (Wildman–Crippen MR) is 91.4 cm³/mol. The largest absolute Gasteiger partial charge is 0.487 e. The number of benzene rings is 1. The fraction of sp³-hybridized carbons (Fsp3) is 0.579. The van der Waals surface area contributed by atoms with E-state index in [0.29, 0.717) is 6.04 Å². The van der Waals surface area contributed by atoms with E-state index in [2.05, 4.69) is 48.8 Å². The number of likely N-dealkylation sites (tertiary alicyclic amines) is 1.